The lowest BCUT2D eigenvalue weighted by atomic mass is 9.82. The van der Waals surface area contributed by atoms with E-state index >= 15 is 0 Å². The van der Waals surface area contributed by atoms with E-state index in [-0.39, 0.29) is 18.1 Å². The summed E-state index contributed by atoms with van der Waals surface area (Å²) in [6.07, 6.45) is 1.83. The van der Waals surface area contributed by atoms with Crippen molar-refractivity contribution in [3.05, 3.63) is 94.0 Å². The van der Waals surface area contributed by atoms with Crippen molar-refractivity contribution in [2.45, 2.75) is 12.3 Å². The average Bonchev–Trinajstić information content (AvgIpc) is 2.71. The quantitative estimate of drug-likeness (QED) is 0.434. The third kappa shape index (κ3) is 3.94. The van der Waals surface area contributed by atoms with Crippen LogP contribution in [0.2, 0.25) is 0 Å². The summed E-state index contributed by atoms with van der Waals surface area (Å²) in [6, 6.07) is 16.4. The Balaban J connectivity index is 2.27. The van der Waals surface area contributed by atoms with E-state index in [4.69, 9.17) is 0 Å². The molecule has 0 aliphatic carbocycles. The molecular formula is C23H20O5. The van der Waals surface area contributed by atoms with Crippen molar-refractivity contribution in [1.82, 2.24) is 0 Å². The average molecular weight is 376 g/mol. The van der Waals surface area contributed by atoms with E-state index in [0.717, 1.165) is 11.1 Å². The van der Waals surface area contributed by atoms with Crippen molar-refractivity contribution in [2.75, 3.05) is 6.61 Å². The van der Waals surface area contributed by atoms with Gasteiger partial charge in [0.15, 0.2) is 0 Å². The fourth-order valence-electron chi connectivity index (χ4n) is 3.34. The molecule has 0 fully saturated rings. The number of aromatic hydroxyl groups is 2. The molecule has 3 rings (SSSR count). The summed E-state index contributed by atoms with van der Waals surface area (Å²) in [4.78, 5) is 22.5. The van der Waals surface area contributed by atoms with Crippen LogP contribution in [0.15, 0.2) is 60.7 Å². The Bertz CT molecular complexity index is 952. The van der Waals surface area contributed by atoms with Crippen molar-refractivity contribution < 1.29 is 24.9 Å². The van der Waals surface area contributed by atoms with E-state index in [1.54, 1.807) is 12.1 Å². The van der Waals surface area contributed by atoms with E-state index in [2.05, 4.69) is 0 Å². The first kappa shape index (κ1) is 19.3. The number of carbonyl (C=O) groups excluding carboxylic acids is 2. The molecule has 0 heterocycles. The molecule has 3 N–H and O–H groups in total. The molecular weight excluding hydrogens is 356 g/mol. The van der Waals surface area contributed by atoms with Crippen molar-refractivity contribution >= 4 is 12.6 Å². The highest BCUT2D eigenvalue weighted by molar-refractivity contribution is 5.77. The van der Waals surface area contributed by atoms with Crippen LogP contribution in [0.25, 0.3) is 0 Å². The van der Waals surface area contributed by atoms with Gasteiger partial charge in [-0.15, -0.1) is 0 Å². The fraction of sp³-hybridized carbons (Fsp3) is 0.130. The van der Waals surface area contributed by atoms with Crippen LogP contribution < -0.4 is 0 Å². The minimum absolute atomic E-state index is 0.00806. The zero-order valence-corrected chi connectivity index (χ0v) is 15.1. The van der Waals surface area contributed by atoms with Crippen molar-refractivity contribution in [1.29, 1.82) is 0 Å². The number of aliphatic hydroxyl groups excluding tert-OH is 1. The number of phenolic OH excluding ortho intramolecular Hbond substituents is 2. The van der Waals surface area contributed by atoms with Gasteiger partial charge in [0.1, 0.15) is 24.1 Å². The smallest absolute Gasteiger partial charge is 0.150 e. The molecule has 3 aromatic rings. The van der Waals surface area contributed by atoms with Crippen LogP contribution in [0, 0.1) is 0 Å². The molecule has 0 saturated heterocycles. The topological polar surface area (TPSA) is 94.8 Å². The highest BCUT2D eigenvalue weighted by Gasteiger charge is 2.24. The molecule has 0 spiro atoms. The molecule has 0 aromatic heterocycles. The summed E-state index contributed by atoms with van der Waals surface area (Å²) in [5, 5.41) is 30.3. The molecule has 0 saturated carbocycles. The largest absolute Gasteiger partial charge is 0.508 e. The molecule has 0 unspecified atom stereocenters. The zero-order valence-electron chi connectivity index (χ0n) is 15.1. The van der Waals surface area contributed by atoms with Crippen LogP contribution in [0.5, 0.6) is 11.5 Å². The summed E-state index contributed by atoms with van der Waals surface area (Å²) < 4.78 is 0. The van der Waals surface area contributed by atoms with Crippen LogP contribution in [-0.4, -0.2) is 34.5 Å². The Morgan fingerprint density at radius 1 is 0.786 bits per heavy atom. The lowest BCUT2D eigenvalue weighted by molar-refractivity contribution is 0.111. The Hall–Kier alpha value is -3.44. The zero-order chi connectivity index (χ0) is 20.1. The number of aliphatic hydroxyl groups is 1. The summed E-state index contributed by atoms with van der Waals surface area (Å²) in [5.41, 5.74) is 3.28. The van der Waals surface area contributed by atoms with Gasteiger partial charge in [-0.1, -0.05) is 24.3 Å². The number of phenols is 2. The molecule has 0 aliphatic heterocycles. The Labute approximate surface area is 162 Å². The lowest BCUT2D eigenvalue weighted by Crippen LogP contribution is -2.07. The second kappa shape index (κ2) is 8.50. The maximum absolute atomic E-state index is 11.3. The van der Waals surface area contributed by atoms with Gasteiger partial charge in [0.2, 0.25) is 0 Å². The molecule has 0 radical (unpaired) electrons. The number of hydrogen-bond donors (Lipinski definition) is 3. The maximum Gasteiger partial charge on any atom is 0.150 e. The van der Waals surface area contributed by atoms with Gasteiger partial charge in [-0.2, -0.15) is 0 Å². The third-order valence-electron chi connectivity index (χ3n) is 4.68. The van der Waals surface area contributed by atoms with E-state index < -0.39 is 5.92 Å². The maximum atomic E-state index is 11.3. The third-order valence-corrected chi connectivity index (χ3v) is 4.68. The molecule has 28 heavy (non-hydrogen) atoms. The number of carbonyl (C=O) groups is 2. The predicted molar refractivity (Wildman–Crippen MR) is 105 cm³/mol. The van der Waals surface area contributed by atoms with Crippen molar-refractivity contribution in [3.8, 4) is 11.5 Å². The number of hydrogen-bond acceptors (Lipinski definition) is 5. The molecule has 3 aromatic carbocycles. The van der Waals surface area contributed by atoms with E-state index in [0.29, 0.717) is 41.2 Å². The summed E-state index contributed by atoms with van der Waals surface area (Å²) in [5.74, 6) is -0.670. The first-order chi connectivity index (χ1) is 13.6. The van der Waals surface area contributed by atoms with Crippen molar-refractivity contribution in [2.24, 2.45) is 0 Å². The van der Waals surface area contributed by atoms with Gasteiger partial charge in [-0.25, -0.2) is 0 Å². The van der Waals surface area contributed by atoms with Crippen LogP contribution >= 0.6 is 0 Å². The highest BCUT2D eigenvalue weighted by atomic mass is 16.3. The second-order valence-electron chi connectivity index (χ2n) is 6.52. The van der Waals surface area contributed by atoms with Gasteiger partial charge < -0.3 is 15.3 Å². The fourth-order valence-corrected chi connectivity index (χ4v) is 3.34. The van der Waals surface area contributed by atoms with Gasteiger partial charge in [0.25, 0.3) is 0 Å². The Morgan fingerprint density at radius 2 is 1.36 bits per heavy atom. The van der Waals surface area contributed by atoms with Gasteiger partial charge >= 0.3 is 0 Å². The van der Waals surface area contributed by atoms with Crippen LogP contribution in [-0.2, 0) is 6.42 Å². The summed E-state index contributed by atoms with van der Waals surface area (Å²) in [7, 11) is 0. The molecule has 0 bridgehead atoms. The Morgan fingerprint density at radius 3 is 1.86 bits per heavy atom. The first-order valence-corrected chi connectivity index (χ1v) is 8.83. The SMILES string of the molecule is O=Cc1ccc(O)c(C(c2cccc(CCO)c2)c2cc(C=O)ccc2O)c1. The van der Waals surface area contributed by atoms with Crippen LogP contribution in [0.1, 0.15) is 48.9 Å². The minimum Gasteiger partial charge on any atom is -0.508 e. The monoisotopic (exact) mass is 376 g/mol. The second-order valence-corrected chi connectivity index (χ2v) is 6.52. The standard InChI is InChI=1S/C23H20O5/c24-9-8-15-2-1-3-18(10-15)23(19-11-16(13-25)4-6-21(19)27)20-12-17(14-26)5-7-22(20)28/h1-7,10-14,23-24,27-28H,8-9H2. The lowest BCUT2D eigenvalue weighted by Gasteiger charge is -2.22. The number of rotatable bonds is 7. The van der Waals surface area contributed by atoms with Gasteiger partial charge in [0, 0.05) is 34.8 Å². The number of benzene rings is 3. The summed E-state index contributed by atoms with van der Waals surface area (Å²) >= 11 is 0. The molecule has 5 nitrogen and oxygen atoms in total. The normalized spacial score (nSPS) is 10.8. The van der Waals surface area contributed by atoms with Gasteiger partial charge in [0.05, 0.1) is 0 Å². The molecule has 0 amide bonds. The number of aldehydes is 2. The molecule has 0 atom stereocenters. The molecule has 142 valence electrons. The van der Waals surface area contributed by atoms with Crippen molar-refractivity contribution in [3.63, 3.8) is 0 Å². The van der Waals surface area contributed by atoms with Crippen LogP contribution in [0.4, 0.5) is 0 Å². The van der Waals surface area contributed by atoms with Crippen LogP contribution in [0.3, 0.4) is 0 Å². The minimum atomic E-state index is -0.613. The summed E-state index contributed by atoms with van der Waals surface area (Å²) in [6.45, 7) is -0.00806. The highest BCUT2D eigenvalue weighted by Crippen LogP contribution is 2.41. The molecule has 5 heteroatoms. The van der Waals surface area contributed by atoms with E-state index in [1.165, 1.54) is 24.3 Å². The van der Waals surface area contributed by atoms with E-state index in [1.807, 2.05) is 24.3 Å². The first-order valence-electron chi connectivity index (χ1n) is 8.83. The van der Waals surface area contributed by atoms with E-state index in [9.17, 15) is 24.9 Å². The Kier molecular flexibility index (Phi) is 5.87. The van der Waals surface area contributed by atoms with Gasteiger partial charge in [-0.05, 0) is 53.9 Å². The predicted octanol–water partition coefficient (Wildman–Crippen LogP) is 3.44. The molecule has 0 aliphatic rings. The van der Waals surface area contributed by atoms with Gasteiger partial charge in [-0.3, -0.25) is 9.59 Å².